The molecule has 1 aromatic carbocycles. The summed E-state index contributed by atoms with van der Waals surface area (Å²) in [5.74, 6) is 0.829. The van der Waals surface area contributed by atoms with Crippen LogP contribution in [0.2, 0.25) is 5.02 Å². The average Bonchev–Trinajstić information content (AvgIpc) is 2.63. The van der Waals surface area contributed by atoms with Gasteiger partial charge in [0.05, 0.1) is 16.4 Å². The molecule has 2 aromatic rings. The van der Waals surface area contributed by atoms with Crippen LogP contribution in [0.3, 0.4) is 0 Å². The van der Waals surface area contributed by atoms with E-state index in [-0.39, 0.29) is 0 Å². The van der Waals surface area contributed by atoms with E-state index in [1.54, 1.807) is 0 Å². The highest BCUT2D eigenvalue weighted by atomic mass is 35.5. The minimum atomic E-state index is 0.716. The first kappa shape index (κ1) is 12.0. The minimum Gasteiger partial charge on any atom is -0.324 e. The van der Waals surface area contributed by atoms with Crippen molar-refractivity contribution in [3.63, 3.8) is 0 Å². The molecule has 0 radical (unpaired) electrons. The van der Waals surface area contributed by atoms with Crippen molar-refractivity contribution in [2.45, 2.75) is 27.3 Å². The fourth-order valence-electron chi connectivity index (χ4n) is 1.73. The van der Waals surface area contributed by atoms with Crippen LogP contribution in [0.25, 0.3) is 0 Å². The molecule has 3 nitrogen and oxygen atoms in total. The number of imidazole rings is 1. The van der Waals surface area contributed by atoms with Gasteiger partial charge >= 0.3 is 0 Å². The van der Waals surface area contributed by atoms with Gasteiger partial charge in [-0.2, -0.15) is 0 Å². The third-order valence-corrected chi connectivity index (χ3v) is 2.92. The molecule has 0 spiro atoms. The van der Waals surface area contributed by atoms with Crippen molar-refractivity contribution in [3.8, 4) is 0 Å². The van der Waals surface area contributed by atoms with Crippen LogP contribution in [0.5, 0.6) is 0 Å². The summed E-state index contributed by atoms with van der Waals surface area (Å²) in [6.07, 6.45) is 2.02. The Labute approximate surface area is 106 Å². The highest BCUT2D eigenvalue weighted by Gasteiger charge is 2.06. The Morgan fingerprint density at radius 2 is 2.12 bits per heavy atom. The summed E-state index contributed by atoms with van der Waals surface area (Å²) in [7, 11) is 0. The summed E-state index contributed by atoms with van der Waals surface area (Å²) in [6.45, 7) is 6.97. The average molecular weight is 250 g/mol. The molecule has 2 rings (SSSR count). The van der Waals surface area contributed by atoms with Crippen LogP contribution in [-0.2, 0) is 6.54 Å². The summed E-state index contributed by atoms with van der Waals surface area (Å²) >= 11 is 6.18. The van der Waals surface area contributed by atoms with Crippen molar-refractivity contribution in [2.75, 3.05) is 5.32 Å². The van der Waals surface area contributed by atoms with Crippen molar-refractivity contribution < 1.29 is 0 Å². The number of hydrogen-bond acceptors (Lipinski definition) is 2. The van der Waals surface area contributed by atoms with Gasteiger partial charge in [0.1, 0.15) is 0 Å². The van der Waals surface area contributed by atoms with Gasteiger partial charge in [0.2, 0.25) is 5.95 Å². The number of nitrogens with one attached hydrogen (secondary N) is 1. The second-order valence-electron chi connectivity index (χ2n) is 4.10. The molecule has 0 aliphatic rings. The van der Waals surface area contributed by atoms with Crippen LogP contribution >= 0.6 is 11.6 Å². The molecule has 0 amide bonds. The van der Waals surface area contributed by atoms with E-state index >= 15 is 0 Å². The van der Waals surface area contributed by atoms with E-state index < -0.39 is 0 Å². The number of anilines is 2. The van der Waals surface area contributed by atoms with E-state index in [4.69, 9.17) is 11.6 Å². The zero-order chi connectivity index (χ0) is 12.4. The highest BCUT2D eigenvalue weighted by Crippen LogP contribution is 2.26. The van der Waals surface area contributed by atoms with Crippen molar-refractivity contribution in [1.82, 2.24) is 9.55 Å². The number of hydrogen-bond donors (Lipinski definition) is 1. The first-order valence-electron chi connectivity index (χ1n) is 5.67. The van der Waals surface area contributed by atoms with Gasteiger partial charge in [-0.3, -0.25) is 0 Å². The lowest BCUT2D eigenvalue weighted by atomic mass is 10.2. The largest absolute Gasteiger partial charge is 0.324 e. The molecule has 1 heterocycles. The maximum absolute atomic E-state index is 6.18. The van der Waals surface area contributed by atoms with Gasteiger partial charge in [-0.1, -0.05) is 17.7 Å². The third kappa shape index (κ3) is 2.61. The Morgan fingerprint density at radius 1 is 1.35 bits per heavy atom. The minimum absolute atomic E-state index is 0.716. The lowest BCUT2D eigenvalue weighted by molar-refractivity contribution is 0.771. The molecule has 0 saturated heterocycles. The molecule has 4 heteroatoms. The highest BCUT2D eigenvalue weighted by molar-refractivity contribution is 6.33. The number of benzene rings is 1. The Bertz CT molecular complexity index is 531. The molecule has 90 valence electrons. The number of halogens is 1. The predicted octanol–water partition coefficient (Wildman–Crippen LogP) is 3.92. The zero-order valence-electron chi connectivity index (χ0n) is 10.3. The quantitative estimate of drug-likeness (QED) is 0.894. The fourth-order valence-corrected chi connectivity index (χ4v) is 2.01. The van der Waals surface area contributed by atoms with Crippen molar-refractivity contribution in [1.29, 1.82) is 0 Å². The van der Waals surface area contributed by atoms with E-state index in [9.17, 15) is 0 Å². The Morgan fingerprint density at radius 3 is 2.76 bits per heavy atom. The summed E-state index contributed by atoms with van der Waals surface area (Å²) in [4.78, 5) is 4.43. The zero-order valence-corrected chi connectivity index (χ0v) is 11.0. The first-order valence-corrected chi connectivity index (χ1v) is 6.05. The molecule has 1 aromatic heterocycles. The number of rotatable bonds is 3. The Hall–Kier alpha value is -1.48. The molecule has 0 fully saturated rings. The second-order valence-corrected chi connectivity index (χ2v) is 4.51. The standard InChI is InChI=1S/C13H16ClN3/c1-4-17-8-10(3)15-13(17)16-12-6-5-9(2)7-11(12)14/h5-8H,4H2,1-3H3,(H,15,16). The Balaban J connectivity index is 2.30. The van der Waals surface area contributed by atoms with Crippen LogP contribution in [-0.4, -0.2) is 9.55 Å². The molecule has 0 unspecified atom stereocenters. The first-order chi connectivity index (χ1) is 8.10. The van der Waals surface area contributed by atoms with Crippen LogP contribution in [0.1, 0.15) is 18.2 Å². The summed E-state index contributed by atoms with van der Waals surface area (Å²) < 4.78 is 2.06. The van der Waals surface area contributed by atoms with Gasteiger partial charge in [-0.05, 0) is 38.5 Å². The van der Waals surface area contributed by atoms with Crippen molar-refractivity contribution in [2.24, 2.45) is 0 Å². The Kier molecular flexibility index (Phi) is 3.38. The van der Waals surface area contributed by atoms with Gasteiger partial charge in [-0.25, -0.2) is 4.98 Å². The number of aryl methyl sites for hydroxylation is 3. The summed E-state index contributed by atoms with van der Waals surface area (Å²) in [5.41, 5.74) is 3.03. The second kappa shape index (κ2) is 4.80. The number of aromatic nitrogens is 2. The molecule has 17 heavy (non-hydrogen) atoms. The van der Waals surface area contributed by atoms with Gasteiger partial charge in [0.15, 0.2) is 0 Å². The van der Waals surface area contributed by atoms with Crippen LogP contribution in [0.4, 0.5) is 11.6 Å². The maximum atomic E-state index is 6.18. The smallest absolute Gasteiger partial charge is 0.207 e. The SMILES string of the molecule is CCn1cc(C)nc1Nc1ccc(C)cc1Cl. The van der Waals surface area contributed by atoms with Crippen LogP contribution in [0, 0.1) is 13.8 Å². The molecule has 1 N–H and O–H groups in total. The van der Waals surface area contributed by atoms with Crippen LogP contribution < -0.4 is 5.32 Å². The van der Waals surface area contributed by atoms with Crippen LogP contribution in [0.15, 0.2) is 24.4 Å². The fraction of sp³-hybridized carbons (Fsp3) is 0.308. The lowest BCUT2D eigenvalue weighted by Crippen LogP contribution is -2.01. The molecular weight excluding hydrogens is 234 g/mol. The maximum Gasteiger partial charge on any atom is 0.207 e. The molecule has 0 atom stereocenters. The van der Waals surface area contributed by atoms with E-state index in [0.29, 0.717) is 5.02 Å². The monoisotopic (exact) mass is 249 g/mol. The van der Waals surface area contributed by atoms with Gasteiger partial charge in [0.25, 0.3) is 0 Å². The summed E-state index contributed by atoms with van der Waals surface area (Å²) in [5, 5.41) is 3.98. The molecule has 0 aliphatic heterocycles. The summed E-state index contributed by atoms with van der Waals surface area (Å²) in [6, 6.07) is 5.94. The van der Waals surface area contributed by atoms with Gasteiger partial charge in [-0.15, -0.1) is 0 Å². The van der Waals surface area contributed by atoms with E-state index in [1.807, 2.05) is 38.2 Å². The van der Waals surface area contributed by atoms with Gasteiger partial charge < -0.3 is 9.88 Å². The molecule has 0 aliphatic carbocycles. The topological polar surface area (TPSA) is 29.9 Å². The van der Waals surface area contributed by atoms with Crippen molar-refractivity contribution in [3.05, 3.63) is 40.7 Å². The molecule has 0 bridgehead atoms. The van der Waals surface area contributed by atoms with Crippen molar-refractivity contribution >= 4 is 23.2 Å². The normalized spacial score (nSPS) is 10.6. The van der Waals surface area contributed by atoms with E-state index in [0.717, 1.165) is 29.4 Å². The van der Waals surface area contributed by atoms with E-state index in [2.05, 4.69) is 21.8 Å². The third-order valence-electron chi connectivity index (χ3n) is 2.61. The predicted molar refractivity (Wildman–Crippen MR) is 72.1 cm³/mol. The molecular formula is C13H16ClN3. The lowest BCUT2D eigenvalue weighted by Gasteiger charge is -2.09. The number of nitrogens with zero attached hydrogens (tertiary/aromatic N) is 2. The molecule has 0 saturated carbocycles. The van der Waals surface area contributed by atoms with Gasteiger partial charge in [0, 0.05) is 12.7 Å². The van der Waals surface area contributed by atoms with E-state index in [1.165, 1.54) is 0 Å².